The van der Waals surface area contributed by atoms with Gasteiger partial charge in [-0.3, -0.25) is 4.79 Å². The largest absolute Gasteiger partial charge is 0.288 e. The highest BCUT2D eigenvalue weighted by molar-refractivity contribution is 8.13. The Hall–Kier alpha value is -1.24. The molecule has 0 saturated heterocycles. The van der Waals surface area contributed by atoms with Gasteiger partial charge in [0, 0.05) is 17.7 Å². The van der Waals surface area contributed by atoms with Crippen LogP contribution in [0, 0.1) is 11.3 Å². The average Bonchev–Trinajstić information content (AvgIpc) is 2.25. The average molecular weight is 252 g/mol. The van der Waals surface area contributed by atoms with E-state index in [-0.39, 0.29) is 5.12 Å². The first-order chi connectivity index (χ1) is 7.63. The molecule has 1 aromatic rings. The van der Waals surface area contributed by atoms with Crippen molar-refractivity contribution in [1.82, 2.24) is 0 Å². The fourth-order valence-corrected chi connectivity index (χ4v) is 1.74. The molecule has 0 spiro atoms. The minimum Gasteiger partial charge on any atom is -0.288 e. The molecule has 0 aromatic heterocycles. The molecule has 0 aliphatic heterocycles. The summed E-state index contributed by atoms with van der Waals surface area (Å²) in [6, 6.07) is 7.14. The van der Waals surface area contributed by atoms with Crippen molar-refractivity contribution in [2.24, 2.45) is 0 Å². The van der Waals surface area contributed by atoms with Crippen LogP contribution in [0.25, 0.3) is 6.08 Å². The van der Waals surface area contributed by atoms with Crippen LogP contribution in [-0.2, 0) is 4.79 Å². The molecule has 0 atom stereocenters. The van der Waals surface area contributed by atoms with Crippen molar-refractivity contribution >= 4 is 34.6 Å². The monoisotopic (exact) mass is 251 g/mol. The first-order valence-corrected chi connectivity index (χ1v) is 5.99. The maximum absolute atomic E-state index is 10.7. The van der Waals surface area contributed by atoms with Crippen LogP contribution in [0.5, 0.6) is 0 Å². The number of carbonyl (C=O) groups is 1. The van der Waals surface area contributed by atoms with Gasteiger partial charge in [-0.2, -0.15) is 5.26 Å². The summed E-state index contributed by atoms with van der Waals surface area (Å²) >= 11 is 7.22. The van der Waals surface area contributed by atoms with Gasteiger partial charge in [-0.25, -0.2) is 0 Å². The summed E-state index contributed by atoms with van der Waals surface area (Å²) in [6.45, 7) is 1.53. The second-order valence-corrected chi connectivity index (χ2v) is 4.66. The lowest BCUT2D eigenvalue weighted by Crippen LogP contribution is -1.82. The molecule has 82 valence electrons. The molecule has 1 rings (SSSR count). The topological polar surface area (TPSA) is 40.9 Å². The van der Waals surface area contributed by atoms with Gasteiger partial charge in [0.1, 0.15) is 0 Å². The second-order valence-electron chi connectivity index (χ2n) is 3.05. The van der Waals surface area contributed by atoms with E-state index in [1.807, 2.05) is 18.2 Å². The molecule has 0 amide bonds. The van der Waals surface area contributed by atoms with E-state index >= 15 is 0 Å². The molecule has 16 heavy (non-hydrogen) atoms. The summed E-state index contributed by atoms with van der Waals surface area (Å²) in [7, 11) is 0. The second kappa shape index (κ2) is 6.37. The summed E-state index contributed by atoms with van der Waals surface area (Å²) in [5, 5.41) is 9.30. The molecule has 4 heteroatoms. The predicted molar refractivity (Wildman–Crippen MR) is 68.3 cm³/mol. The van der Waals surface area contributed by atoms with E-state index in [1.54, 1.807) is 18.2 Å². The van der Waals surface area contributed by atoms with Crippen molar-refractivity contribution in [3.05, 3.63) is 40.4 Å². The quantitative estimate of drug-likeness (QED) is 0.826. The molecule has 0 N–H and O–H groups in total. The highest BCUT2D eigenvalue weighted by Gasteiger charge is 1.98. The molecule has 1 aromatic carbocycles. The summed E-state index contributed by atoms with van der Waals surface area (Å²) in [6.07, 6.45) is 3.72. The normalized spacial score (nSPS) is 10.3. The first-order valence-electron chi connectivity index (χ1n) is 4.63. The van der Waals surface area contributed by atoms with Gasteiger partial charge in [0.15, 0.2) is 5.12 Å². The number of nitriles is 1. The van der Waals surface area contributed by atoms with E-state index in [2.05, 4.69) is 0 Å². The fraction of sp³-hybridized carbons (Fsp3) is 0.167. The minimum absolute atomic E-state index is 0.0931. The van der Waals surface area contributed by atoms with Crippen LogP contribution in [0.2, 0.25) is 5.02 Å². The Labute approximate surface area is 104 Å². The van der Waals surface area contributed by atoms with Crippen molar-refractivity contribution < 1.29 is 4.79 Å². The molecule has 0 fully saturated rings. The first kappa shape index (κ1) is 12.8. The molecular formula is C12H10ClNOS. The van der Waals surface area contributed by atoms with Crippen LogP contribution in [0.3, 0.4) is 0 Å². The standard InChI is InChI=1S/C12H10ClNOS/c1-9(15)16-6-2-3-11-5-4-10(8-14)7-12(11)13/h2-5,7H,6H2,1H3. The van der Waals surface area contributed by atoms with Gasteiger partial charge in [0.25, 0.3) is 0 Å². The van der Waals surface area contributed by atoms with E-state index in [4.69, 9.17) is 16.9 Å². The summed E-state index contributed by atoms with van der Waals surface area (Å²) in [4.78, 5) is 10.7. The van der Waals surface area contributed by atoms with Crippen molar-refractivity contribution in [2.75, 3.05) is 5.75 Å². The smallest absolute Gasteiger partial charge is 0.186 e. The van der Waals surface area contributed by atoms with Crippen LogP contribution in [0.4, 0.5) is 0 Å². The number of carbonyl (C=O) groups excluding carboxylic acids is 1. The molecule has 0 unspecified atom stereocenters. The van der Waals surface area contributed by atoms with Gasteiger partial charge in [0.05, 0.1) is 11.6 Å². The third-order valence-electron chi connectivity index (χ3n) is 1.81. The highest BCUT2D eigenvalue weighted by Crippen LogP contribution is 2.19. The van der Waals surface area contributed by atoms with Crippen LogP contribution in [-0.4, -0.2) is 10.9 Å². The predicted octanol–water partition coefficient (Wildman–Crippen LogP) is 3.50. The van der Waals surface area contributed by atoms with E-state index < -0.39 is 0 Å². The molecule has 0 aliphatic rings. The van der Waals surface area contributed by atoms with Crippen LogP contribution >= 0.6 is 23.4 Å². The number of nitrogens with zero attached hydrogens (tertiary/aromatic N) is 1. The third kappa shape index (κ3) is 4.09. The number of benzene rings is 1. The van der Waals surface area contributed by atoms with Crippen LogP contribution in [0.1, 0.15) is 18.1 Å². The number of hydrogen-bond donors (Lipinski definition) is 0. The lowest BCUT2D eigenvalue weighted by Gasteiger charge is -1.98. The number of thioether (sulfide) groups is 1. The van der Waals surface area contributed by atoms with Crippen LogP contribution < -0.4 is 0 Å². The van der Waals surface area contributed by atoms with Gasteiger partial charge in [-0.1, -0.05) is 41.6 Å². The Morgan fingerprint density at radius 3 is 2.94 bits per heavy atom. The lowest BCUT2D eigenvalue weighted by atomic mass is 10.1. The minimum atomic E-state index is 0.0931. The van der Waals surface area contributed by atoms with Crippen molar-refractivity contribution in [2.45, 2.75) is 6.92 Å². The SMILES string of the molecule is CC(=O)SCC=Cc1ccc(C#N)cc1Cl. The van der Waals surface area contributed by atoms with Gasteiger partial charge >= 0.3 is 0 Å². The molecule has 0 heterocycles. The fourth-order valence-electron chi connectivity index (χ4n) is 1.07. The Bertz CT molecular complexity index is 463. The molecular weight excluding hydrogens is 242 g/mol. The molecule has 0 saturated carbocycles. The zero-order chi connectivity index (χ0) is 12.0. The third-order valence-corrected chi connectivity index (χ3v) is 2.90. The van der Waals surface area contributed by atoms with Gasteiger partial charge in [0.2, 0.25) is 0 Å². The van der Waals surface area contributed by atoms with Crippen molar-refractivity contribution in [3.8, 4) is 6.07 Å². The number of rotatable bonds is 3. The number of halogens is 1. The molecule has 2 nitrogen and oxygen atoms in total. The Balaban J connectivity index is 2.68. The lowest BCUT2D eigenvalue weighted by molar-refractivity contribution is -0.109. The maximum Gasteiger partial charge on any atom is 0.186 e. The molecule has 0 radical (unpaired) electrons. The summed E-state index contributed by atoms with van der Waals surface area (Å²) in [5.74, 6) is 0.631. The van der Waals surface area contributed by atoms with E-state index in [0.29, 0.717) is 16.3 Å². The maximum atomic E-state index is 10.7. The summed E-state index contributed by atoms with van der Waals surface area (Å²) in [5.41, 5.74) is 1.39. The number of hydrogen-bond acceptors (Lipinski definition) is 3. The van der Waals surface area contributed by atoms with E-state index in [0.717, 1.165) is 5.56 Å². The zero-order valence-corrected chi connectivity index (χ0v) is 10.3. The summed E-state index contributed by atoms with van der Waals surface area (Å²) < 4.78 is 0. The Morgan fingerprint density at radius 1 is 1.62 bits per heavy atom. The van der Waals surface area contributed by atoms with Crippen molar-refractivity contribution in [1.29, 1.82) is 5.26 Å². The highest BCUT2D eigenvalue weighted by atomic mass is 35.5. The van der Waals surface area contributed by atoms with Gasteiger partial charge in [-0.15, -0.1) is 0 Å². The van der Waals surface area contributed by atoms with Gasteiger partial charge in [-0.05, 0) is 17.7 Å². The molecule has 0 bridgehead atoms. The molecule has 0 aliphatic carbocycles. The Kier molecular flexibility index (Phi) is 5.10. The zero-order valence-electron chi connectivity index (χ0n) is 8.74. The Morgan fingerprint density at radius 2 is 2.38 bits per heavy atom. The van der Waals surface area contributed by atoms with E-state index in [9.17, 15) is 4.79 Å². The van der Waals surface area contributed by atoms with E-state index in [1.165, 1.54) is 18.7 Å². The van der Waals surface area contributed by atoms with Crippen LogP contribution in [0.15, 0.2) is 24.3 Å². The van der Waals surface area contributed by atoms with Gasteiger partial charge < -0.3 is 0 Å². The van der Waals surface area contributed by atoms with Crippen molar-refractivity contribution in [3.63, 3.8) is 0 Å².